The largest absolute Gasteiger partial charge is 0.494 e. The highest BCUT2D eigenvalue weighted by atomic mass is 32.2. The van der Waals surface area contributed by atoms with Gasteiger partial charge in [0.1, 0.15) is 5.75 Å². The summed E-state index contributed by atoms with van der Waals surface area (Å²) in [5.41, 5.74) is 1.98. The second kappa shape index (κ2) is 8.32. The molecule has 1 aromatic heterocycles. The first-order valence-corrected chi connectivity index (χ1v) is 11.4. The fourth-order valence-corrected chi connectivity index (χ4v) is 5.05. The van der Waals surface area contributed by atoms with Gasteiger partial charge in [0.05, 0.1) is 27.5 Å². The minimum absolute atomic E-state index is 0.0344. The summed E-state index contributed by atoms with van der Waals surface area (Å²) in [5, 5.41) is 0.411. The first-order chi connectivity index (χ1) is 14.9. The number of pyridine rings is 1. The molecule has 6 heteroatoms. The number of aryl methyl sites for hydroxylation is 1. The highest BCUT2D eigenvalue weighted by Crippen LogP contribution is 2.32. The van der Waals surface area contributed by atoms with Gasteiger partial charge in [-0.3, -0.25) is 9.78 Å². The van der Waals surface area contributed by atoms with Gasteiger partial charge in [0.25, 0.3) is 0 Å². The molecule has 0 aliphatic rings. The minimum atomic E-state index is -4.01. The van der Waals surface area contributed by atoms with Crippen molar-refractivity contribution in [2.45, 2.75) is 23.6 Å². The molecule has 0 radical (unpaired) electrons. The third kappa shape index (κ3) is 3.94. The maximum atomic E-state index is 13.7. The van der Waals surface area contributed by atoms with Crippen molar-refractivity contribution in [3.8, 4) is 5.75 Å². The van der Waals surface area contributed by atoms with Gasteiger partial charge in [-0.1, -0.05) is 48.0 Å². The van der Waals surface area contributed by atoms with Crippen LogP contribution in [0.4, 0.5) is 0 Å². The van der Waals surface area contributed by atoms with E-state index >= 15 is 0 Å². The van der Waals surface area contributed by atoms with E-state index in [0.717, 1.165) is 5.56 Å². The van der Waals surface area contributed by atoms with Crippen molar-refractivity contribution in [1.29, 1.82) is 0 Å². The number of ether oxygens (including phenoxy) is 1. The number of benzene rings is 3. The van der Waals surface area contributed by atoms with Gasteiger partial charge in [-0.2, -0.15) is 0 Å². The number of aromatic nitrogens is 1. The molecule has 5 nitrogen and oxygen atoms in total. The smallest absolute Gasteiger partial charge is 0.208 e. The number of para-hydroxylation sites is 1. The second-order valence-electron chi connectivity index (χ2n) is 7.12. The van der Waals surface area contributed by atoms with Gasteiger partial charge in [0, 0.05) is 17.1 Å². The lowest BCUT2D eigenvalue weighted by molar-refractivity contribution is 0.103. The standard InChI is InChI=1S/C25H21NO4S/c1-3-30-19-12-14-20(15-13-19)31(28,29)25-21-6-4-5-7-23(21)26-16-22(25)24(27)18-10-8-17(2)9-11-18/h4-16H,3H2,1-2H3. The highest BCUT2D eigenvalue weighted by molar-refractivity contribution is 7.91. The predicted octanol–water partition coefficient (Wildman–Crippen LogP) is 5.01. The number of sulfone groups is 1. The van der Waals surface area contributed by atoms with E-state index in [9.17, 15) is 13.2 Å². The maximum absolute atomic E-state index is 13.7. The lowest BCUT2D eigenvalue weighted by Gasteiger charge is -2.13. The van der Waals surface area contributed by atoms with Crippen molar-refractivity contribution in [1.82, 2.24) is 4.98 Å². The summed E-state index contributed by atoms with van der Waals surface area (Å²) in [4.78, 5) is 17.7. The van der Waals surface area contributed by atoms with E-state index < -0.39 is 9.84 Å². The first-order valence-electron chi connectivity index (χ1n) is 9.89. The molecule has 4 aromatic rings. The number of carbonyl (C=O) groups excluding carboxylic acids is 1. The third-order valence-corrected chi connectivity index (χ3v) is 6.87. The van der Waals surface area contributed by atoms with Crippen molar-refractivity contribution >= 4 is 26.5 Å². The summed E-state index contributed by atoms with van der Waals surface area (Å²) in [6, 6.07) is 20.2. The second-order valence-corrected chi connectivity index (χ2v) is 9.01. The summed E-state index contributed by atoms with van der Waals surface area (Å²) < 4.78 is 32.8. The zero-order valence-corrected chi connectivity index (χ0v) is 18.0. The molecule has 31 heavy (non-hydrogen) atoms. The molecule has 1 heterocycles. The molecule has 0 bridgehead atoms. The van der Waals surface area contributed by atoms with Gasteiger partial charge >= 0.3 is 0 Å². The van der Waals surface area contributed by atoms with Gasteiger partial charge < -0.3 is 4.74 Å². The zero-order chi connectivity index (χ0) is 22.0. The number of carbonyl (C=O) groups is 1. The van der Waals surface area contributed by atoms with E-state index in [1.54, 1.807) is 48.5 Å². The van der Waals surface area contributed by atoms with Gasteiger partial charge in [-0.15, -0.1) is 0 Å². The molecule has 0 aliphatic heterocycles. The van der Waals surface area contributed by atoms with Crippen molar-refractivity contribution in [3.05, 3.63) is 95.7 Å². The van der Waals surface area contributed by atoms with Crippen LogP contribution in [0.3, 0.4) is 0 Å². The minimum Gasteiger partial charge on any atom is -0.494 e. The number of hydrogen-bond acceptors (Lipinski definition) is 5. The van der Waals surface area contributed by atoms with E-state index in [2.05, 4.69) is 4.98 Å². The summed E-state index contributed by atoms with van der Waals surface area (Å²) in [6.45, 7) is 4.26. The Morgan fingerprint density at radius 1 is 0.935 bits per heavy atom. The molecule has 0 atom stereocenters. The fraction of sp³-hybridized carbons (Fsp3) is 0.120. The van der Waals surface area contributed by atoms with Crippen LogP contribution in [0, 0.1) is 6.92 Å². The van der Waals surface area contributed by atoms with Crippen LogP contribution in [0.5, 0.6) is 5.75 Å². The van der Waals surface area contributed by atoms with Crippen LogP contribution in [0.15, 0.2) is 88.8 Å². The number of ketones is 1. The Kier molecular flexibility index (Phi) is 5.57. The Balaban J connectivity index is 1.93. The number of nitrogens with zero attached hydrogens (tertiary/aromatic N) is 1. The molecule has 0 spiro atoms. The zero-order valence-electron chi connectivity index (χ0n) is 17.2. The average Bonchev–Trinajstić information content (AvgIpc) is 2.79. The monoisotopic (exact) mass is 431 g/mol. The molecule has 0 unspecified atom stereocenters. The number of rotatable bonds is 6. The van der Waals surface area contributed by atoms with E-state index in [4.69, 9.17) is 4.74 Å². The lowest BCUT2D eigenvalue weighted by atomic mass is 10.0. The average molecular weight is 432 g/mol. The van der Waals surface area contributed by atoms with Gasteiger partial charge in [-0.25, -0.2) is 8.42 Å². The Hall–Kier alpha value is -3.51. The van der Waals surface area contributed by atoms with Crippen LogP contribution in [0.1, 0.15) is 28.4 Å². The molecule has 0 N–H and O–H groups in total. The molecule has 0 amide bonds. The Morgan fingerprint density at radius 3 is 2.29 bits per heavy atom. The lowest BCUT2D eigenvalue weighted by Crippen LogP contribution is -2.12. The molecular weight excluding hydrogens is 410 g/mol. The van der Waals surface area contributed by atoms with Crippen molar-refractivity contribution in [2.75, 3.05) is 6.61 Å². The number of fused-ring (bicyclic) bond motifs is 1. The third-order valence-electron chi connectivity index (χ3n) is 5.00. The van der Waals surface area contributed by atoms with Crippen LogP contribution in [-0.4, -0.2) is 25.8 Å². The van der Waals surface area contributed by atoms with Crippen LogP contribution >= 0.6 is 0 Å². The summed E-state index contributed by atoms with van der Waals surface area (Å²) in [5.74, 6) is 0.194. The van der Waals surface area contributed by atoms with Crippen LogP contribution < -0.4 is 4.74 Å². The van der Waals surface area contributed by atoms with E-state index in [1.807, 2.05) is 26.0 Å². The Morgan fingerprint density at radius 2 is 1.61 bits per heavy atom. The van der Waals surface area contributed by atoms with Gasteiger partial charge in [0.15, 0.2) is 5.78 Å². The van der Waals surface area contributed by atoms with Gasteiger partial charge in [-0.05, 0) is 44.2 Å². The van der Waals surface area contributed by atoms with Crippen LogP contribution in [0.25, 0.3) is 10.9 Å². The van der Waals surface area contributed by atoms with Crippen molar-refractivity contribution in [2.24, 2.45) is 0 Å². The quantitative estimate of drug-likeness (QED) is 0.402. The summed E-state index contributed by atoms with van der Waals surface area (Å²) in [6.07, 6.45) is 1.35. The SMILES string of the molecule is CCOc1ccc(S(=O)(=O)c2c(C(=O)c3ccc(C)cc3)cnc3ccccc23)cc1. The molecular formula is C25H21NO4S. The summed E-state index contributed by atoms with van der Waals surface area (Å²) >= 11 is 0. The first kappa shape index (κ1) is 20.8. The normalized spacial score (nSPS) is 11.4. The highest BCUT2D eigenvalue weighted by Gasteiger charge is 2.28. The van der Waals surface area contributed by atoms with Crippen molar-refractivity contribution < 1.29 is 17.9 Å². The molecule has 4 rings (SSSR count). The van der Waals surface area contributed by atoms with Crippen LogP contribution in [-0.2, 0) is 9.84 Å². The summed E-state index contributed by atoms with van der Waals surface area (Å²) in [7, 11) is -4.01. The maximum Gasteiger partial charge on any atom is 0.208 e. The molecule has 0 fully saturated rings. The topological polar surface area (TPSA) is 73.3 Å². The van der Waals surface area contributed by atoms with E-state index in [-0.39, 0.29) is 21.1 Å². The molecule has 0 saturated carbocycles. The Bertz CT molecular complexity index is 1360. The van der Waals surface area contributed by atoms with E-state index in [1.165, 1.54) is 18.3 Å². The van der Waals surface area contributed by atoms with Gasteiger partial charge in [0.2, 0.25) is 9.84 Å². The van der Waals surface area contributed by atoms with E-state index in [0.29, 0.717) is 28.8 Å². The fourth-order valence-electron chi connectivity index (χ4n) is 3.43. The van der Waals surface area contributed by atoms with Crippen LogP contribution in [0.2, 0.25) is 0 Å². The molecule has 0 aliphatic carbocycles. The number of hydrogen-bond donors (Lipinski definition) is 0. The van der Waals surface area contributed by atoms with Crippen molar-refractivity contribution in [3.63, 3.8) is 0 Å². The predicted molar refractivity (Wildman–Crippen MR) is 119 cm³/mol. The molecule has 156 valence electrons. The Labute approximate surface area is 181 Å². The molecule has 0 saturated heterocycles. The molecule has 3 aromatic carbocycles.